The number of piperazine rings is 1. The van der Waals surface area contributed by atoms with Gasteiger partial charge in [0.25, 0.3) is 0 Å². The molecule has 0 aromatic heterocycles. The van der Waals surface area contributed by atoms with Gasteiger partial charge in [-0.25, -0.2) is 0 Å². The zero-order valence-electron chi connectivity index (χ0n) is 12.3. The van der Waals surface area contributed by atoms with Crippen LogP contribution in [-0.2, 0) is 9.59 Å². The zero-order valence-corrected chi connectivity index (χ0v) is 13.1. The van der Waals surface area contributed by atoms with Crippen LogP contribution in [0.25, 0.3) is 0 Å². The Labute approximate surface area is 125 Å². The van der Waals surface area contributed by atoms with E-state index in [1.165, 1.54) is 0 Å². The third-order valence-corrected chi connectivity index (χ3v) is 5.74. The number of carbonyl (C=O) groups excluding carboxylic acids is 2. The average Bonchev–Trinajstić information content (AvgIpc) is 3.25. The van der Waals surface area contributed by atoms with Crippen molar-refractivity contribution >= 4 is 23.6 Å². The maximum absolute atomic E-state index is 12.9. The quantitative estimate of drug-likeness (QED) is 0.861. The third kappa shape index (κ3) is 2.57. The summed E-state index contributed by atoms with van der Waals surface area (Å²) in [5, 5.41) is 2.99. The first-order chi connectivity index (χ1) is 9.59. The highest BCUT2D eigenvalue weighted by atomic mass is 32.2. The molecule has 3 rings (SSSR count). The summed E-state index contributed by atoms with van der Waals surface area (Å²) in [5.74, 6) is 3.02. The molecule has 2 amide bonds. The molecule has 0 aromatic rings. The molecule has 2 unspecified atom stereocenters. The van der Waals surface area contributed by atoms with Crippen LogP contribution in [0.3, 0.4) is 0 Å². The first-order valence-electron chi connectivity index (χ1n) is 7.80. The van der Waals surface area contributed by atoms with Gasteiger partial charge in [-0.2, -0.15) is 11.8 Å². The maximum Gasteiger partial charge on any atom is 0.246 e. The van der Waals surface area contributed by atoms with Gasteiger partial charge in [0, 0.05) is 6.04 Å². The molecule has 1 aliphatic carbocycles. The lowest BCUT2D eigenvalue weighted by Crippen LogP contribution is -2.68. The molecule has 5 heteroatoms. The average molecular weight is 296 g/mol. The number of hydrogen-bond donors (Lipinski definition) is 1. The summed E-state index contributed by atoms with van der Waals surface area (Å²) >= 11 is 1.96. The van der Waals surface area contributed by atoms with Crippen molar-refractivity contribution in [3.63, 3.8) is 0 Å². The van der Waals surface area contributed by atoms with Gasteiger partial charge in [0.05, 0.1) is 0 Å². The highest BCUT2D eigenvalue weighted by Gasteiger charge is 2.49. The first kappa shape index (κ1) is 14.2. The van der Waals surface area contributed by atoms with Crippen LogP contribution in [0.5, 0.6) is 0 Å². The third-order valence-electron chi connectivity index (χ3n) is 4.70. The minimum atomic E-state index is -0.273. The van der Waals surface area contributed by atoms with Crippen molar-refractivity contribution in [3.05, 3.63) is 0 Å². The molecular weight excluding hydrogens is 272 g/mol. The molecule has 0 bridgehead atoms. The van der Waals surface area contributed by atoms with Gasteiger partial charge in [0.2, 0.25) is 11.8 Å². The molecular formula is C15H24N2O2S. The van der Waals surface area contributed by atoms with Crippen LogP contribution < -0.4 is 5.32 Å². The van der Waals surface area contributed by atoms with Crippen LogP contribution in [-0.4, -0.2) is 46.3 Å². The van der Waals surface area contributed by atoms with E-state index in [-0.39, 0.29) is 35.9 Å². The van der Waals surface area contributed by atoms with Gasteiger partial charge in [-0.3, -0.25) is 9.59 Å². The van der Waals surface area contributed by atoms with E-state index in [1.807, 2.05) is 30.5 Å². The summed E-state index contributed by atoms with van der Waals surface area (Å²) < 4.78 is 0. The molecule has 2 saturated heterocycles. The van der Waals surface area contributed by atoms with Gasteiger partial charge < -0.3 is 10.2 Å². The van der Waals surface area contributed by atoms with Gasteiger partial charge >= 0.3 is 0 Å². The number of nitrogens with one attached hydrogen (secondary N) is 1. The van der Waals surface area contributed by atoms with Gasteiger partial charge in [-0.1, -0.05) is 13.8 Å². The summed E-state index contributed by atoms with van der Waals surface area (Å²) in [6.07, 6.45) is 4.23. The zero-order chi connectivity index (χ0) is 14.3. The molecule has 2 atom stereocenters. The molecule has 112 valence electrons. The van der Waals surface area contributed by atoms with Crippen LogP contribution in [0.2, 0.25) is 0 Å². The fraction of sp³-hybridized carbons (Fsp3) is 0.867. The van der Waals surface area contributed by atoms with Gasteiger partial charge in [0.15, 0.2) is 0 Å². The van der Waals surface area contributed by atoms with Crippen LogP contribution in [0.1, 0.15) is 39.5 Å². The van der Waals surface area contributed by atoms with E-state index in [1.54, 1.807) is 0 Å². The predicted molar refractivity (Wildman–Crippen MR) is 80.5 cm³/mol. The van der Waals surface area contributed by atoms with Crippen molar-refractivity contribution in [1.82, 2.24) is 10.2 Å². The summed E-state index contributed by atoms with van der Waals surface area (Å²) in [6, 6.07) is -0.249. The Morgan fingerprint density at radius 3 is 2.35 bits per heavy atom. The van der Waals surface area contributed by atoms with E-state index in [2.05, 4.69) is 5.32 Å². The minimum Gasteiger partial charge on any atom is -0.342 e. The fourth-order valence-electron chi connectivity index (χ4n) is 3.47. The summed E-state index contributed by atoms with van der Waals surface area (Å²) in [4.78, 5) is 27.3. The molecule has 1 saturated carbocycles. The number of thioether (sulfide) groups is 1. The molecule has 0 spiro atoms. The monoisotopic (exact) mass is 296 g/mol. The highest BCUT2D eigenvalue weighted by Crippen LogP contribution is 2.37. The lowest BCUT2D eigenvalue weighted by molar-refractivity contribution is -0.155. The van der Waals surface area contributed by atoms with Crippen molar-refractivity contribution in [2.24, 2.45) is 11.8 Å². The van der Waals surface area contributed by atoms with Crippen molar-refractivity contribution in [2.75, 3.05) is 11.5 Å². The summed E-state index contributed by atoms with van der Waals surface area (Å²) in [7, 11) is 0. The summed E-state index contributed by atoms with van der Waals surface area (Å²) in [6.45, 7) is 4.08. The molecule has 0 radical (unpaired) electrons. The second kappa shape index (κ2) is 5.58. The molecule has 3 aliphatic rings. The predicted octanol–water partition coefficient (Wildman–Crippen LogP) is 1.64. The Kier molecular flexibility index (Phi) is 3.98. The van der Waals surface area contributed by atoms with Crippen LogP contribution in [0.4, 0.5) is 0 Å². The van der Waals surface area contributed by atoms with E-state index < -0.39 is 0 Å². The number of carbonyl (C=O) groups is 2. The van der Waals surface area contributed by atoms with E-state index in [9.17, 15) is 9.59 Å². The fourth-order valence-corrected chi connectivity index (χ4v) is 4.55. The van der Waals surface area contributed by atoms with Crippen LogP contribution in [0, 0.1) is 11.8 Å². The van der Waals surface area contributed by atoms with E-state index in [4.69, 9.17) is 0 Å². The molecule has 2 heterocycles. The van der Waals surface area contributed by atoms with Crippen LogP contribution in [0.15, 0.2) is 0 Å². The van der Waals surface area contributed by atoms with Crippen molar-refractivity contribution in [1.29, 1.82) is 0 Å². The standard InChI is InChI=1S/C15H24N2O2S/c1-9(2)13-14(18)16-12(10-3-4-10)15(19)17(13)11-5-7-20-8-6-11/h9-13H,3-8H2,1-2H3,(H,16,18). The van der Waals surface area contributed by atoms with Crippen molar-refractivity contribution < 1.29 is 9.59 Å². The van der Waals surface area contributed by atoms with E-state index in [0.29, 0.717) is 5.92 Å². The van der Waals surface area contributed by atoms with Gasteiger partial charge in [0.1, 0.15) is 12.1 Å². The SMILES string of the molecule is CC(C)C1C(=O)NC(C2CC2)C(=O)N1C1CCSCC1. The largest absolute Gasteiger partial charge is 0.342 e. The second-order valence-corrected chi connectivity index (χ2v) is 7.83. The molecule has 0 aromatic carbocycles. The number of rotatable bonds is 3. The molecule has 20 heavy (non-hydrogen) atoms. The Bertz CT molecular complexity index is 403. The second-order valence-electron chi connectivity index (χ2n) is 6.60. The number of nitrogens with zero attached hydrogens (tertiary/aromatic N) is 1. The van der Waals surface area contributed by atoms with E-state index in [0.717, 1.165) is 37.2 Å². The maximum atomic E-state index is 12.9. The van der Waals surface area contributed by atoms with E-state index >= 15 is 0 Å². The minimum absolute atomic E-state index is 0.0646. The molecule has 3 fully saturated rings. The van der Waals surface area contributed by atoms with Crippen molar-refractivity contribution in [3.8, 4) is 0 Å². The topological polar surface area (TPSA) is 49.4 Å². The highest BCUT2D eigenvalue weighted by molar-refractivity contribution is 7.99. The lowest BCUT2D eigenvalue weighted by atomic mass is 9.92. The smallest absolute Gasteiger partial charge is 0.246 e. The first-order valence-corrected chi connectivity index (χ1v) is 8.95. The Morgan fingerprint density at radius 2 is 1.80 bits per heavy atom. The van der Waals surface area contributed by atoms with Crippen LogP contribution >= 0.6 is 11.8 Å². The van der Waals surface area contributed by atoms with Gasteiger partial charge in [-0.15, -0.1) is 0 Å². The summed E-state index contributed by atoms with van der Waals surface area (Å²) in [5.41, 5.74) is 0. The van der Waals surface area contributed by atoms with Crippen molar-refractivity contribution in [2.45, 2.75) is 57.7 Å². The van der Waals surface area contributed by atoms with Gasteiger partial charge in [-0.05, 0) is 49.0 Å². The normalized spacial score (nSPS) is 32.6. The lowest BCUT2D eigenvalue weighted by Gasteiger charge is -2.46. The Hall–Kier alpha value is -0.710. The molecule has 1 N–H and O–H groups in total. The number of amides is 2. The molecule has 4 nitrogen and oxygen atoms in total. The Balaban J connectivity index is 1.85. The number of hydrogen-bond acceptors (Lipinski definition) is 3. The molecule has 2 aliphatic heterocycles. The Morgan fingerprint density at radius 1 is 1.15 bits per heavy atom.